The largest absolute Gasteiger partial charge is 0.394 e. The molecule has 13 heavy (non-hydrogen) atoms. The van der Waals surface area contributed by atoms with E-state index in [0.717, 1.165) is 10.0 Å². The molecule has 0 bridgehead atoms. The summed E-state index contributed by atoms with van der Waals surface area (Å²) in [6.45, 7) is 2.16. The lowest BCUT2D eigenvalue weighted by Gasteiger charge is -2.14. The number of aliphatic hydroxyl groups excluding tert-OH is 1. The Bertz CT molecular complexity index is 284. The van der Waals surface area contributed by atoms with Crippen molar-refractivity contribution in [2.75, 3.05) is 13.7 Å². The number of aryl methyl sites for hydroxylation is 1. The predicted octanol–water partition coefficient (Wildman–Crippen LogP) is 2.01. The second kappa shape index (κ2) is 4.74. The minimum absolute atomic E-state index is 0.0249. The fourth-order valence-corrected chi connectivity index (χ4v) is 1.59. The van der Waals surface area contributed by atoms with Gasteiger partial charge < -0.3 is 10.4 Å². The first-order valence-electron chi connectivity index (χ1n) is 4.23. The summed E-state index contributed by atoms with van der Waals surface area (Å²) in [6.07, 6.45) is 0. The van der Waals surface area contributed by atoms with Gasteiger partial charge in [-0.3, -0.25) is 0 Å². The molecule has 0 saturated carbocycles. The first-order chi connectivity index (χ1) is 6.19. The lowest BCUT2D eigenvalue weighted by Crippen LogP contribution is -2.19. The van der Waals surface area contributed by atoms with E-state index in [4.69, 9.17) is 5.11 Å². The van der Waals surface area contributed by atoms with Crippen molar-refractivity contribution in [3.8, 4) is 0 Å². The van der Waals surface area contributed by atoms with Gasteiger partial charge in [0, 0.05) is 4.47 Å². The highest BCUT2D eigenvalue weighted by atomic mass is 79.9. The predicted molar refractivity (Wildman–Crippen MR) is 57.8 cm³/mol. The monoisotopic (exact) mass is 243 g/mol. The van der Waals surface area contributed by atoms with Gasteiger partial charge in [-0.1, -0.05) is 28.1 Å². The minimum atomic E-state index is 0.0249. The Balaban J connectivity index is 2.95. The van der Waals surface area contributed by atoms with Gasteiger partial charge in [-0.25, -0.2) is 0 Å². The van der Waals surface area contributed by atoms with E-state index >= 15 is 0 Å². The molecule has 2 nitrogen and oxygen atoms in total. The maximum Gasteiger partial charge on any atom is 0.0626 e. The van der Waals surface area contributed by atoms with E-state index in [2.05, 4.69) is 21.2 Å². The topological polar surface area (TPSA) is 32.3 Å². The lowest BCUT2D eigenvalue weighted by atomic mass is 10.1. The van der Waals surface area contributed by atoms with Crippen molar-refractivity contribution in [3.63, 3.8) is 0 Å². The SMILES string of the molecule is CN[C@@H](CO)c1ccc(C)c(Br)c1. The van der Waals surface area contributed by atoms with Crippen molar-refractivity contribution in [3.05, 3.63) is 33.8 Å². The Hall–Kier alpha value is -0.380. The third kappa shape index (κ3) is 2.53. The van der Waals surface area contributed by atoms with Crippen LogP contribution in [0, 0.1) is 6.92 Å². The van der Waals surface area contributed by atoms with Crippen LogP contribution < -0.4 is 5.32 Å². The quantitative estimate of drug-likeness (QED) is 0.852. The molecule has 1 aromatic rings. The fourth-order valence-electron chi connectivity index (χ4n) is 1.19. The molecule has 0 aromatic heterocycles. The van der Waals surface area contributed by atoms with E-state index in [-0.39, 0.29) is 12.6 Å². The van der Waals surface area contributed by atoms with Crippen molar-refractivity contribution in [2.24, 2.45) is 0 Å². The molecule has 1 rings (SSSR count). The zero-order valence-electron chi connectivity index (χ0n) is 7.84. The Kier molecular flexibility index (Phi) is 3.90. The molecule has 0 unspecified atom stereocenters. The number of benzene rings is 1. The summed E-state index contributed by atoms with van der Waals surface area (Å²) in [4.78, 5) is 0. The maximum absolute atomic E-state index is 9.06. The van der Waals surface area contributed by atoms with Crippen LogP contribution in [0.2, 0.25) is 0 Å². The highest BCUT2D eigenvalue weighted by Gasteiger charge is 2.07. The van der Waals surface area contributed by atoms with Crippen molar-refractivity contribution in [2.45, 2.75) is 13.0 Å². The summed E-state index contributed by atoms with van der Waals surface area (Å²) in [5, 5.41) is 12.1. The van der Waals surface area contributed by atoms with Crippen molar-refractivity contribution in [1.29, 1.82) is 0 Å². The first-order valence-corrected chi connectivity index (χ1v) is 5.02. The van der Waals surface area contributed by atoms with Crippen LogP contribution in [0.3, 0.4) is 0 Å². The van der Waals surface area contributed by atoms with Gasteiger partial charge in [-0.15, -0.1) is 0 Å². The maximum atomic E-state index is 9.06. The van der Waals surface area contributed by atoms with Crippen LogP contribution >= 0.6 is 15.9 Å². The number of rotatable bonds is 3. The van der Waals surface area contributed by atoms with Gasteiger partial charge in [0.25, 0.3) is 0 Å². The van der Waals surface area contributed by atoms with Crippen LogP contribution in [0.5, 0.6) is 0 Å². The number of halogens is 1. The summed E-state index contributed by atoms with van der Waals surface area (Å²) in [5.74, 6) is 0. The first kappa shape index (κ1) is 10.7. The molecule has 3 heteroatoms. The Morgan fingerprint density at radius 2 is 2.23 bits per heavy atom. The molecular formula is C10H14BrNO. The zero-order chi connectivity index (χ0) is 9.84. The fraction of sp³-hybridized carbons (Fsp3) is 0.400. The molecular weight excluding hydrogens is 230 g/mol. The van der Waals surface area contributed by atoms with E-state index in [1.165, 1.54) is 5.56 Å². The number of nitrogens with one attached hydrogen (secondary N) is 1. The van der Waals surface area contributed by atoms with Gasteiger partial charge >= 0.3 is 0 Å². The van der Waals surface area contributed by atoms with E-state index in [1.54, 1.807) is 0 Å². The van der Waals surface area contributed by atoms with Crippen molar-refractivity contribution < 1.29 is 5.11 Å². The molecule has 0 heterocycles. The van der Waals surface area contributed by atoms with Crippen LogP contribution in [0.1, 0.15) is 17.2 Å². The summed E-state index contributed by atoms with van der Waals surface area (Å²) in [5.41, 5.74) is 2.30. The highest BCUT2D eigenvalue weighted by molar-refractivity contribution is 9.10. The van der Waals surface area contributed by atoms with Crippen LogP contribution in [0.15, 0.2) is 22.7 Å². The molecule has 0 radical (unpaired) electrons. The normalized spacial score (nSPS) is 12.9. The molecule has 0 saturated heterocycles. The van der Waals surface area contributed by atoms with Gasteiger partial charge in [0.1, 0.15) is 0 Å². The smallest absolute Gasteiger partial charge is 0.0626 e. The Morgan fingerprint density at radius 1 is 1.54 bits per heavy atom. The van der Waals surface area contributed by atoms with E-state index in [0.29, 0.717) is 0 Å². The van der Waals surface area contributed by atoms with Crippen LogP contribution in [-0.2, 0) is 0 Å². The molecule has 0 aliphatic heterocycles. The standard InChI is InChI=1S/C10H14BrNO/c1-7-3-4-8(5-9(7)11)10(6-13)12-2/h3-5,10,12-13H,6H2,1-2H3/t10-/m0/s1. The molecule has 1 atom stereocenters. The summed E-state index contributed by atoms with van der Waals surface area (Å²) >= 11 is 3.46. The van der Waals surface area contributed by atoms with Crippen molar-refractivity contribution in [1.82, 2.24) is 5.32 Å². The van der Waals surface area contributed by atoms with Crippen molar-refractivity contribution >= 4 is 15.9 Å². The summed E-state index contributed by atoms with van der Waals surface area (Å²) in [7, 11) is 1.84. The Labute approximate surface area is 87.1 Å². The van der Waals surface area contributed by atoms with E-state index in [1.807, 2.05) is 32.2 Å². The average molecular weight is 244 g/mol. The molecule has 0 aliphatic carbocycles. The highest BCUT2D eigenvalue weighted by Crippen LogP contribution is 2.21. The number of hydrogen-bond acceptors (Lipinski definition) is 2. The van der Waals surface area contributed by atoms with Gasteiger partial charge in [-0.05, 0) is 31.2 Å². The molecule has 0 fully saturated rings. The van der Waals surface area contributed by atoms with Crippen LogP contribution in [0.25, 0.3) is 0 Å². The number of aliphatic hydroxyl groups is 1. The van der Waals surface area contributed by atoms with Crippen LogP contribution in [-0.4, -0.2) is 18.8 Å². The minimum Gasteiger partial charge on any atom is -0.394 e. The lowest BCUT2D eigenvalue weighted by molar-refractivity contribution is 0.251. The molecule has 1 aromatic carbocycles. The number of likely N-dealkylation sites (N-methyl/N-ethyl adjacent to an activating group) is 1. The Morgan fingerprint density at radius 3 is 2.69 bits per heavy atom. The zero-order valence-corrected chi connectivity index (χ0v) is 9.43. The van der Waals surface area contributed by atoms with E-state index in [9.17, 15) is 0 Å². The third-order valence-corrected chi connectivity index (χ3v) is 2.98. The molecule has 0 aliphatic rings. The second-order valence-corrected chi connectivity index (χ2v) is 3.89. The van der Waals surface area contributed by atoms with Gasteiger partial charge in [0.15, 0.2) is 0 Å². The molecule has 0 amide bonds. The van der Waals surface area contributed by atoms with E-state index < -0.39 is 0 Å². The average Bonchev–Trinajstić information content (AvgIpc) is 2.13. The summed E-state index contributed by atoms with van der Waals surface area (Å²) in [6, 6.07) is 6.13. The molecule has 0 spiro atoms. The number of hydrogen-bond donors (Lipinski definition) is 2. The molecule has 2 N–H and O–H groups in total. The van der Waals surface area contributed by atoms with Crippen LogP contribution in [0.4, 0.5) is 0 Å². The van der Waals surface area contributed by atoms with Gasteiger partial charge in [0.05, 0.1) is 12.6 Å². The molecule has 72 valence electrons. The van der Waals surface area contributed by atoms with Gasteiger partial charge in [0.2, 0.25) is 0 Å². The summed E-state index contributed by atoms with van der Waals surface area (Å²) < 4.78 is 1.08. The third-order valence-electron chi connectivity index (χ3n) is 2.13. The van der Waals surface area contributed by atoms with Gasteiger partial charge in [-0.2, -0.15) is 0 Å². The second-order valence-electron chi connectivity index (χ2n) is 3.03.